The molecule has 0 atom stereocenters. The number of hydrogen-bond donors (Lipinski definition) is 0. The zero-order valence-corrected chi connectivity index (χ0v) is 21.7. The minimum Gasteiger partial charge on any atom is -0.347 e. The van der Waals surface area contributed by atoms with Crippen LogP contribution in [-0.2, 0) is 22.9 Å². The zero-order valence-electron chi connectivity index (χ0n) is 20.9. The van der Waals surface area contributed by atoms with Gasteiger partial charge in [-0.15, -0.1) is 0 Å². The lowest BCUT2D eigenvalue weighted by Gasteiger charge is -2.26. The normalized spacial score (nSPS) is 11.7. The van der Waals surface area contributed by atoms with Gasteiger partial charge in [0.25, 0.3) is 5.56 Å². The van der Waals surface area contributed by atoms with Crippen LogP contribution in [0.4, 0.5) is 5.82 Å². The van der Waals surface area contributed by atoms with Crippen molar-refractivity contribution < 1.29 is 8.42 Å². The monoisotopic (exact) mass is 532 g/mol. The van der Waals surface area contributed by atoms with Crippen molar-refractivity contribution in [1.29, 1.82) is 5.26 Å². The Hall–Kier alpha value is -5.00. The van der Waals surface area contributed by atoms with Crippen LogP contribution in [0.5, 0.6) is 0 Å². The quantitative estimate of drug-likeness (QED) is 0.254. The van der Waals surface area contributed by atoms with Crippen molar-refractivity contribution >= 4 is 27.4 Å². The molecule has 2 heterocycles. The highest BCUT2D eigenvalue weighted by Crippen LogP contribution is 2.26. The van der Waals surface area contributed by atoms with Gasteiger partial charge in [-0.2, -0.15) is 5.26 Å². The molecule has 0 aliphatic heterocycles. The number of aromatic nitrogens is 2. The van der Waals surface area contributed by atoms with Crippen LogP contribution in [0, 0.1) is 11.3 Å². The van der Waals surface area contributed by atoms with Gasteiger partial charge in [0.05, 0.1) is 10.5 Å². The minimum atomic E-state index is -4.17. The third kappa shape index (κ3) is 5.49. The minimum absolute atomic E-state index is 0.0154. The van der Waals surface area contributed by atoms with E-state index in [0.29, 0.717) is 18.7 Å². The predicted octanol–water partition coefficient (Wildman–Crippen LogP) is 5.24. The van der Waals surface area contributed by atoms with Gasteiger partial charge in [0.15, 0.2) is 0 Å². The molecule has 0 aliphatic carbocycles. The van der Waals surface area contributed by atoms with Crippen LogP contribution in [0.25, 0.3) is 11.7 Å². The Bertz CT molecular complexity index is 1800. The predicted molar refractivity (Wildman–Crippen MR) is 151 cm³/mol. The van der Waals surface area contributed by atoms with Crippen LogP contribution in [0.2, 0.25) is 0 Å². The van der Waals surface area contributed by atoms with Crippen LogP contribution in [0.1, 0.15) is 16.7 Å². The highest BCUT2D eigenvalue weighted by Gasteiger charge is 2.24. The maximum atomic E-state index is 13.8. The van der Waals surface area contributed by atoms with Crippen LogP contribution in [0.15, 0.2) is 130 Å². The molecular formula is C31H24N4O3S. The summed E-state index contributed by atoms with van der Waals surface area (Å²) in [7, 11) is -4.17. The van der Waals surface area contributed by atoms with E-state index in [1.165, 1.54) is 16.5 Å². The Morgan fingerprint density at radius 1 is 0.821 bits per heavy atom. The molecule has 0 N–H and O–H groups in total. The van der Waals surface area contributed by atoms with E-state index in [1.54, 1.807) is 42.6 Å². The number of allylic oxidation sites excluding steroid dienone is 1. The number of sulfone groups is 1. The molecule has 3 aromatic carbocycles. The van der Waals surface area contributed by atoms with E-state index in [-0.39, 0.29) is 16.3 Å². The number of anilines is 1. The molecule has 7 nitrogen and oxygen atoms in total. The second kappa shape index (κ2) is 11.2. The van der Waals surface area contributed by atoms with Crippen LogP contribution >= 0.6 is 0 Å². The summed E-state index contributed by atoms with van der Waals surface area (Å²) in [6, 6.07) is 34.2. The summed E-state index contributed by atoms with van der Waals surface area (Å²) in [5.74, 6) is 0.287. The summed E-state index contributed by atoms with van der Waals surface area (Å²) in [5.41, 5.74) is 1.91. The fourth-order valence-electron chi connectivity index (χ4n) is 4.30. The van der Waals surface area contributed by atoms with Crippen molar-refractivity contribution in [2.24, 2.45) is 0 Å². The summed E-state index contributed by atoms with van der Waals surface area (Å²) in [6.07, 6.45) is 2.72. The first-order valence-corrected chi connectivity index (χ1v) is 13.7. The second-order valence-electron chi connectivity index (χ2n) is 8.85. The maximum Gasteiger partial charge on any atom is 0.267 e. The number of hydrogen-bond acceptors (Lipinski definition) is 6. The lowest BCUT2D eigenvalue weighted by atomic mass is 10.1. The third-order valence-corrected chi connectivity index (χ3v) is 7.89. The number of rotatable bonds is 8. The van der Waals surface area contributed by atoms with Crippen molar-refractivity contribution in [3.05, 3.63) is 147 Å². The molecule has 2 aromatic heterocycles. The van der Waals surface area contributed by atoms with Gasteiger partial charge in [-0.05, 0) is 41.5 Å². The van der Waals surface area contributed by atoms with E-state index in [1.807, 2.05) is 71.6 Å². The lowest BCUT2D eigenvalue weighted by molar-refractivity contribution is 0.603. The van der Waals surface area contributed by atoms with Gasteiger partial charge in [0.2, 0.25) is 9.84 Å². The zero-order chi connectivity index (χ0) is 27.2. The van der Waals surface area contributed by atoms with E-state index >= 15 is 0 Å². The topological polar surface area (TPSA) is 95.5 Å². The van der Waals surface area contributed by atoms with Crippen molar-refractivity contribution in [3.8, 4) is 6.07 Å². The second-order valence-corrected chi connectivity index (χ2v) is 10.8. The maximum absolute atomic E-state index is 13.8. The Morgan fingerprint density at radius 3 is 1.92 bits per heavy atom. The Kier molecular flexibility index (Phi) is 7.34. The van der Waals surface area contributed by atoms with E-state index < -0.39 is 20.3 Å². The van der Waals surface area contributed by atoms with E-state index in [0.717, 1.165) is 17.2 Å². The van der Waals surface area contributed by atoms with Crippen molar-refractivity contribution in [2.75, 3.05) is 4.90 Å². The van der Waals surface area contributed by atoms with Gasteiger partial charge >= 0.3 is 0 Å². The Morgan fingerprint density at radius 2 is 1.36 bits per heavy atom. The van der Waals surface area contributed by atoms with Crippen molar-refractivity contribution in [1.82, 2.24) is 9.38 Å². The number of nitrogens with zero attached hydrogens (tertiary/aromatic N) is 4. The fraction of sp³-hybridized carbons (Fsp3) is 0.0645. The highest BCUT2D eigenvalue weighted by atomic mass is 32.2. The summed E-state index contributed by atoms with van der Waals surface area (Å²) in [4.78, 5) is 20.0. The van der Waals surface area contributed by atoms with Crippen LogP contribution in [-0.4, -0.2) is 17.8 Å². The third-order valence-electron chi connectivity index (χ3n) is 6.21. The van der Waals surface area contributed by atoms with Crippen molar-refractivity contribution in [2.45, 2.75) is 18.0 Å². The Balaban J connectivity index is 1.74. The SMILES string of the molecule is N#C/C(=C\c1c(N(Cc2ccccc2)Cc2ccccc2)nc2ccccn2c1=O)S(=O)(=O)c1ccccc1. The molecule has 8 heteroatoms. The van der Waals surface area contributed by atoms with Crippen molar-refractivity contribution in [3.63, 3.8) is 0 Å². The molecule has 0 unspecified atom stereocenters. The van der Waals surface area contributed by atoms with Gasteiger partial charge in [-0.3, -0.25) is 9.20 Å². The largest absolute Gasteiger partial charge is 0.347 e. The number of fused-ring (bicyclic) bond motifs is 1. The highest BCUT2D eigenvalue weighted by molar-refractivity contribution is 7.95. The van der Waals surface area contributed by atoms with Gasteiger partial charge in [0.1, 0.15) is 22.4 Å². The molecule has 0 bridgehead atoms. The first kappa shape index (κ1) is 25.6. The number of benzene rings is 3. The fourth-order valence-corrected chi connectivity index (χ4v) is 5.46. The molecular weight excluding hydrogens is 508 g/mol. The van der Waals surface area contributed by atoms with E-state index in [4.69, 9.17) is 4.98 Å². The van der Waals surface area contributed by atoms with E-state index in [2.05, 4.69) is 0 Å². The molecule has 0 radical (unpaired) electrons. The number of pyridine rings is 1. The molecule has 0 amide bonds. The molecule has 0 saturated heterocycles. The average Bonchev–Trinajstić information content (AvgIpc) is 2.98. The van der Waals surface area contributed by atoms with Gasteiger partial charge < -0.3 is 4.90 Å². The smallest absolute Gasteiger partial charge is 0.267 e. The summed E-state index contributed by atoms with van der Waals surface area (Å²) in [5, 5.41) is 9.95. The molecule has 0 saturated carbocycles. The summed E-state index contributed by atoms with van der Waals surface area (Å²) < 4.78 is 28.1. The molecule has 39 heavy (non-hydrogen) atoms. The van der Waals surface area contributed by atoms with Gasteiger partial charge in [0, 0.05) is 19.3 Å². The summed E-state index contributed by atoms with van der Waals surface area (Å²) in [6.45, 7) is 0.804. The first-order valence-electron chi connectivity index (χ1n) is 12.2. The van der Waals surface area contributed by atoms with Gasteiger partial charge in [-0.25, -0.2) is 13.4 Å². The number of nitriles is 1. The molecule has 192 valence electrons. The van der Waals surface area contributed by atoms with Crippen LogP contribution < -0.4 is 10.5 Å². The molecule has 0 aliphatic rings. The average molecular weight is 533 g/mol. The van der Waals surface area contributed by atoms with E-state index in [9.17, 15) is 18.5 Å². The molecule has 5 aromatic rings. The molecule has 0 fully saturated rings. The van der Waals surface area contributed by atoms with Crippen LogP contribution in [0.3, 0.4) is 0 Å². The Labute approximate surface area is 226 Å². The summed E-state index contributed by atoms with van der Waals surface area (Å²) >= 11 is 0. The molecule has 0 spiro atoms. The molecule has 5 rings (SSSR count). The standard InChI is InChI=1S/C31H24N4O3S/c32-21-27(39(37,38)26-16-8-3-9-17-26)20-28-30(33-29-18-10-11-19-35(29)31(28)36)34(22-24-12-4-1-5-13-24)23-25-14-6-2-7-15-25/h1-20H,22-23H2/b27-20+. The lowest BCUT2D eigenvalue weighted by Crippen LogP contribution is -2.29. The first-order chi connectivity index (χ1) is 19.0. The van der Waals surface area contributed by atoms with Gasteiger partial charge in [-0.1, -0.05) is 84.9 Å².